The van der Waals surface area contributed by atoms with E-state index in [1.54, 1.807) is 11.3 Å². The molecule has 0 radical (unpaired) electrons. The van der Waals surface area contributed by atoms with E-state index in [4.69, 9.17) is 19.7 Å². The maximum absolute atomic E-state index is 5.47. The van der Waals surface area contributed by atoms with Crippen molar-refractivity contribution < 1.29 is 4.74 Å². The van der Waals surface area contributed by atoms with Crippen molar-refractivity contribution in [2.75, 3.05) is 49.6 Å². The van der Waals surface area contributed by atoms with Gasteiger partial charge in [0.05, 0.1) is 18.9 Å². The van der Waals surface area contributed by atoms with Crippen molar-refractivity contribution in [2.45, 2.75) is 39.8 Å². The Morgan fingerprint density at radius 1 is 1.06 bits per heavy atom. The number of nitrogens with one attached hydrogen (secondary N) is 1. The molecule has 4 aromatic rings. The second kappa shape index (κ2) is 10.9. The van der Waals surface area contributed by atoms with Gasteiger partial charge >= 0.3 is 0 Å². The lowest BCUT2D eigenvalue weighted by molar-refractivity contribution is 0.122. The minimum atomic E-state index is 0.474. The Labute approximate surface area is 216 Å². The molecule has 0 aromatic carbocycles. The van der Waals surface area contributed by atoms with Gasteiger partial charge in [-0.05, 0) is 51.3 Å². The normalized spacial score (nSPS) is 14.5. The largest absolute Gasteiger partial charge is 0.378 e. The zero-order valence-electron chi connectivity index (χ0n) is 21.4. The number of morpholine rings is 1. The Hall–Kier alpha value is -3.08. The van der Waals surface area contributed by atoms with Crippen LogP contribution in [0.3, 0.4) is 0 Å². The van der Waals surface area contributed by atoms with E-state index in [1.165, 1.54) is 0 Å². The van der Waals surface area contributed by atoms with Gasteiger partial charge in [0, 0.05) is 55.4 Å². The van der Waals surface area contributed by atoms with Gasteiger partial charge in [-0.25, -0.2) is 19.9 Å². The third-order valence-electron chi connectivity index (χ3n) is 6.51. The van der Waals surface area contributed by atoms with E-state index in [0.717, 1.165) is 73.4 Å². The molecule has 4 aromatic heterocycles. The smallest absolute Gasteiger partial charge is 0.170 e. The van der Waals surface area contributed by atoms with Crippen LogP contribution in [0.15, 0.2) is 41.5 Å². The van der Waals surface area contributed by atoms with E-state index >= 15 is 0 Å². The van der Waals surface area contributed by atoms with Gasteiger partial charge in [-0.3, -0.25) is 9.47 Å². The summed E-state index contributed by atoms with van der Waals surface area (Å²) in [6.07, 6.45) is 3.69. The quantitative estimate of drug-likeness (QED) is 0.360. The molecule has 0 aliphatic carbocycles. The van der Waals surface area contributed by atoms with Crippen LogP contribution >= 0.6 is 11.3 Å². The molecule has 5 rings (SSSR count). The van der Waals surface area contributed by atoms with Gasteiger partial charge in [-0.1, -0.05) is 0 Å². The third kappa shape index (κ3) is 5.21. The molecule has 0 unspecified atom stereocenters. The SMILES string of the molecule is CC(C)N(CCNc1nc(-c2ccc(N3CCOCC3)nc2)nc2c1ncn2-c1ccsc1)C(C)C. The lowest BCUT2D eigenvalue weighted by atomic mass is 10.2. The molecule has 1 N–H and O–H groups in total. The summed E-state index contributed by atoms with van der Waals surface area (Å²) in [4.78, 5) is 23.9. The Morgan fingerprint density at radius 3 is 2.53 bits per heavy atom. The summed E-state index contributed by atoms with van der Waals surface area (Å²) in [7, 11) is 0. The van der Waals surface area contributed by atoms with Gasteiger partial charge < -0.3 is 15.0 Å². The molecule has 1 aliphatic rings. The molecule has 1 aliphatic heterocycles. The van der Waals surface area contributed by atoms with Crippen LogP contribution in [0.25, 0.3) is 28.2 Å². The number of aromatic nitrogens is 5. The number of hydrogen-bond acceptors (Lipinski definition) is 9. The van der Waals surface area contributed by atoms with Crippen molar-refractivity contribution >= 4 is 34.1 Å². The molecular formula is C26H34N8OS. The van der Waals surface area contributed by atoms with Crippen LogP contribution in [-0.2, 0) is 4.74 Å². The van der Waals surface area contributed by atoms with Crippen molar-refractivity contribution in [2.24, 2.45) is 0 Å². The summed E-state index contributed by atoms with van der Waals surface area (Å²) in [5, 5.41) is 7.70. The fourth-order valence-electron chi connectivity index (χ4n) is 4.65. The second-order valence-electron chi connectivity index (χ2n) is 9.52. The zero-order valence-corrected chi connectivity index (χ0v) is 22.2. The van der Waals surface area contributed by atoms with Gasteiger partial charge in [0.1, 0.15) is 12.1 Å². The van der Waals surface area contributed by atoms with Gasteiger partial charge in [0.25, 0.3) is 0 Å². The minimum absolute atomic E-state index is 0.474. The number of pyridine rings is 1. The van der Waals surface area contributed by atoms with E-state index < -0.39 is 0 Å². The third-order valence-corrected chi connectivity index (χ3v) is 7.18. The molecule has 5 heterocycles. The molecule has 1 saturated heterocycles. The molecule has 190 valence electrons. The molecule has 9 nitrogen and oxygen atoms in total. The summed E-state index contributed by atoms with van der Waals surface area (Å²) in [5.74, 6) is 2.33. The Morgan fingerprint density at radius 2 is 1.86 bits per heavy atom. The fraction of sp³-hybridized carbons (Fsp3) is 0.462. The van der Waals surface area contributed by atoms with Crippen LogP contribution in [0.1, 0.15) is 27.7 Å². The predicted octanol–water partition coefficient (Wildman–Crippen LogP) is 4.31. The first-order chi connectivity index (χ1) is 17.5. The Bertz CT molecular complexity index is 1260. The highest BCUT2D eigenvalue weighted by atomic mass is 32.1. The molecule has 0 saturated carbocycles. The highest BCUT2D eigenvalue weighted by Crippen LogP contribution is 2.27. The Kier molecular flexibility index (Phi) is 7.45. The van der Waals surface area contributed by atoms with Crippen molar-refractivity contribution in [1.29, 1.82) is 0 Å². The molecule has 1 fully saturated rings. The van der Waals surface area contributed by atoms with Crippen molar-refractivity contribution in [3.8, 4) is 17.1 Å². The standard InChI is InChI=1S/C26H34N8OS/c1-18(2)33(19(3)4)9-8-27-25-23-26(34(17-29-23)21-7-14-36-16-21)31-24(30-25)20-5-6-22(28-15-20)32-10-12-35-13-11-32/h5-7,14-19H,8-13H2,1-4H3,(H,27,30,31). The predicted molar refractivity (Wildman–Crippen MR) is 146 cm³/mol. The molecule has 36 heavy (non-hydrogen) atoms. The minimum Gasteiger partial charge on any atom is -0.378 e. The number of ether oxygens (including phenoxy) is 1. The topological polar surface area (TPSA) is 84.2 Å². The lowest BCUT2D eigenvalue weighted by Crippen LogP contribution is -2.40. The number of rotatable bonds is 9. The molecule has 0 spiro atoms. The highest BCUT2D eigenvalue weighted by molar-refractivity contribution is 7.08. The van der Waals surface area contributed by atoms with Gasteiger partial charge in [0.15, 0.2) is 22.8 Å². The maximum Gasteiger partial charge on any atom is 0.170 e. The number of hydrogen-bond donors (Lipinski definition) is 1. The lowest BCUT2D eigenvalue weighted by Gasteiger charge is -2.30. The maximum atomic E-state index is 5.47. The molecule has 0 amide bonds. The molecule has 0 atom stereocenters. The van der Waals surface area contributed by atoms with Crippen LogP contribution in [-0.4, -0.2) is 80.9 Å². The fourth-order valence-corrected chi connectivity index (χ4v) is 5.28. The summed E-state index contributed by atoms with van der Waals surface area (Å²) in [5.41, 5.74) is 3.47. The van der Waals surface area contributed by atoms with E-state index in [0.29, 0.717) is 17.9 Å². The first kappa shape index (κ1) is 24.6. The number of anilines is 2. The summed E-state index contributed by atoms with van der Waals surface area (Å²) in [6.45, 7) is 13.8. The van der Waals surface area contributed by atoms with E-state index in [-0.39, 0.29) is 0 Å². The van der Waals surface area contributed by atoms with E-state index in [9.17, 15) is 0 Å². The van der Waals surface area contributed by atoms with Gasteiger partial charge in [-0.15, -0.1) is 0 Å². The average Bonchev–Trinajstić information content (AvgIpc) is 3.56. The monoisotopic (exact) mass is 506 g/mol. The van der Waals surface area contributed by atoms with Crippen LogP contribution in [0.5, 0.6) is 0 Å². The van der Waals surface area contributed by atoms with Crippen LogP contribution < -0.4 is 10.2 Å². The van der Waals surface area contributed by atoms with Gasteiger partial charge in [-0.2, -0.15) is 11.3 Å². The number of thiophene rings is 1. The molecule has 10 heteroatoms. The molecule has 0 bridgehead atoms. The highest BCUT2D eigenvalue weighted by Gasteiger charge is 2.18. The number of imidazole rings is 1. The van der Waals surface area contributed by atoms with E-state index in [1.807, 2.05) is 29.2 Å². The summed E-state index contributed by atoms with van der Waals surface area (Å²) >= 11 is 1.65. The second-order valence-corrected chi connectivity index (χ2v) is 10.3. The van der Waals surface area contributed by atoms with Crippen LogP contribution in [0.4, 0.5) is 11.6 Å². The Balaban J connectivity index is 1.47. The van der Waals surface area contributed by atoms with Crippen molar-refractivity contribution in [1.82, 2.24) is 29.4 Å². The first-order valence-corrected chi connectivity index (χ1v) is 13.5. The zero-order chi connectivity index (χ0) is 25.1. The van der Waals surface area contributed by atoms with E-state index in [2.05, 4.69) is 64.6 Å². The average molecular weight is 507 g/mol. The summed E-state index contributed by atoms with van der Waals surface area (Å²) in [6, 6.07) is 7.11. The van der Waals surface area contributed by atoms with Gasteiger partial charge in [0.2, 0.25) is 0 Å². The summed E-state index contributed by atoms with van der Waals surface area (Å²) < 4.78 is 7.49. The number of fused-ring (bicyclic) bond motifs is 1. The van der Waals surface area contributed by atoms with Crippen LogP contribution in [0.2, 0.25) is 0 Å². The van der Waals surface area contributed by atoms with Crippen molar-refractivity contribution in [3.05, 3.63) is 41.5 Å². The van der Waals surface area contributed by atoms with Crippen LogP contribution in [0, 0.1) is 0 Å². The first-order valence-electron chi connectivity index (χ1n) is 12.6. The molecular weight excluding hydrogens is 472 g/mol. The van der Waals surface area contributed by atoms with Crippen molar-refractivity contribution in [3.63, 3.8) is 0 Å². The number of nitrogens with zero attached hydrogens (tertiary/aromatic N) is 7.